The summed E-state index contributed by atoms with van der Waals surface area (Å²) >= 11 is 0. The zero-order valence-electron chi connectivity index (χ0n) is 31.1. The van der Waals surface area contributed by atoms with Crippen molar-refractivity contribution >= 4 is 39.0 Å². The van der Waals surface area contributed by atoms with Gasteiger partial charge in [-0.25, -0.2) is 0 Å². The molecule has 12 rings (SSSR count). The summed E-state index contributed by atoms with van der Waals surface area (Å²) < 4.78 is 6.76. The van der Waals surface area contributed by atoms with Crippen LogP contribution in [0.15, 0.2) is 217 Å². The van der Waals surface area contributed by atoms with Gasteiger partial charge >= 0.3 is 0 Å². The molecule has 0 saturated heterocycles. The molecular weight excluding hydrogens is 691 g/mol. The molecule has 0 radical (unpaired) electrons. The molecule has 1 spiro atoms. The minimum absolute atomic E-state index is 0.581. The fourth-order valence-electron chi connectivity index (χ4n) is 9.94. The number of rotatable bonds is 4. The number of nitrogens with zero attached hydrogens (tertiary/aromatic N) is 1. The SMILES string of the molecule is c1ccc(-c2ccc(N(c3ccc4c(c3)C3(c5ccccc5-c5ccccc5-c5ccccc53)c3ccccc3-4)c3cccc4c3oc3ccccc34)cc2)cc1. The lowest BCUT2D eigenvalue weighted by molar-refractivity contribution is 0.669. The molecule has 0 aliphatic heterocycles. The van der Waals surface area contributed by atoms with Crippen molar-refractivity contribution in [1.82, 2.24) is 0 Å². The zero-order valence-corrected chi connectivity index (χ0v) is 31.1. The monoisotopic (exact) mass is 725 g/mol. The highest BCUT2D eigenvalue weighted by Gasteiger charge is 2.49. The molecule has 0 bridgehead atoms. The highest BCUT2D eigenvalue weighted by Crippen LogP contribution is 2.62. The fraction of sp³-hybridized carbons (Fsp3) is 0.0182. The summed E-state index contributed by atoms with van der Waals surface area (Å²) in [7, 11) is 0. The highest BCUT2D eigenvalue weighted by atomic mass is 16.3. The molecule has 10 aromatic rings. The van der Waals surface area contributed by atoms with Crippen molar-refractivity contribution in [2.24, 2.45) is 0 Å². The summed E-state index contributed by atoms with van der Waals surface area (Å²) in [6.45, 7) is 0. The Balaban J connectivity index is 1.16. The molecule has 0 unspecified atom stereocenters. The topological polar surface area (TPSA) is 16.4 Å². The van der Waals surface area contributed by atoms with Gasteiger partial charge in [-0.2, -0.15) is 0 Å². The number of anilines is 3. The van der Waals surface area contributed by atoms with Gasteiger partial charge in [0.15, 0.2) is 5.58 Å². The van der Waals surface area contributed by atoms with Crippen molar-refractivity contribution in [1.29, 1.82) is 0 Å². The summed E-state index contributed by atoms with van der Waals surface area (Å²) in [5.74, 6) is 0. The molecule has 0 saturated carbocycles. The Kier molecular flexibility index (Phi) is 6.88. The smallest absolute Gasteiger partial charge is 0.159 e. The number of hydrogen-bond donors (Lipinski definition) is 0. The van der Waals surface area contributed by atoms with Gasteiger partial charge < -0.3 is 9.32 Å². The Morgan fingerprint density at radius 1 is 0.333 bits per heavy atom. The van der Waals surface area contributed by atoms with Gasteiger partial charge in [0.1, 0.15) is 5.58 Å². The average molecular weight is 726 g/mol. The van der Waals surface area contributed by atoms with Crippen LogP contribution in [0.25, 0.3) is 66.4 Å². The first kappa shape index (κ1) is 31.9. The number of furan rings is 1. The third kappa shape index (κ3) is 4.53. The standard InChI is InChI=1S/C55H35NO/c1-2-15-36(16-3-1)37-29-31-38(32-30-37)56(52-27-14-23-47-46-22-9-13-28-53(46)57-54(47)52)39-33-34-45-44-21-8-12-26-50(44)55(51(45)35-39)48-24-10-6-19-42(48)40-17-4-5-18-41(40)43-20-7-11-25-49(43)55/h1-35H. The molecule has 1 aromatic heterocycles. The van der Waals surface area contributed by atoms with Gasteiger partial charge in [0.25, 0.3) is 0 Å². The molecule has 0 N–H and O–H groups in total. The van der Waals surface area contributed by atoms with E-state index in [4.69, 9.17) is 4.42 Å². The van der Waals surface area contributed by atoms with E-state index >= 15 is 0 Å². The van der Waals surface area contributed by atoms with Crippen molar-refractivity contribution in [3.05, 3.63) is 235 Å². The predicted octanol–water partition coefficient (Wildman–Crippen LogP) is 14.7. The fourth-order valence-corrected chi connectivity index (χ4v) is 9.94. The van der Waals surface area contributed by atoms with Gasteiger partial charge in [-0.05, 0) is 103 Å². The van der Waals surface area contributed by atoms with E-state index in [0.717, 1.165) is 39.0 Å². The first-order valence-electron chi connectivity index (χ1n) is 19.7. The van der Waals surface area contributed by atoms with Gasteiger partial charge in [-0.3, -0.25) is 0 Å². The van der Waals surface area contributed by atoms with E-state index in [1.807, 2.05) is 6.07 Å². The second-order valence-corrected chi connectivity index (χ2v) is 15.2. The van der Waals surface area contributed by atoms with Crippen molar-refractivity contribution in [3.8, 4) is 44.5 Å². The maximum absolute atomic E-state index is 6.76. The molecule has 9 aromatic carbocycles. The van der Waals surface area contributed by atoms with Gasteiger partial charge in [0.05, 0.1) is 11.1 Å². The summed E-state index contributed by atoms with van der Waals surface area (Å²) in [6, 6.07) is 77.7. The van der Waals surface area contributed by atoms with E-state index in [1.165, 1.54) is 66.8 Å². The largest absolute Gasteiger partial charge is 0.454 e. The molecule has 0 atom stereocenters. The van der Waals surface area contributed by atoms with Crippen LogP contribution >= 0.6 is 0 Å². The average Bonchev–Trinajstić information content (AvgIpc) is 3.78. The molecule has 2 nitrogen and oxygen atoms in total. The highest BCUT2D eigenvalue weighted by molar-refractivity contribution is 6.10. The van der Waals surface area contributed by atoms with E-state index < -0.39 is 5.41 Å². The second kappa shape index (κ2) is 12.3. The van der Waals surface area contributed by atoms with Crippen molar-refractivity contribution in [2.75, 3.05) is 4.90 Å². The summed E-state index contributed by atoms with van der Waals surface area (Å²) in [5.41, 5.74) is 19.4. The van der Waals surface area contributed by atoms with Crippen LogP contribution in [0.4, 0.5) is 17.1 Å². The molecular formula is C55H35NO. The van der Waals surface area contributed by atoms with Gasteiger partial charge in [-0.15, -0.1) is 0 Å². The second-order valence-electron chi connectivity index (χ2n) is 15.2. The third-order valence-electron chi connectivity index (χ3n) is 12.3. The van der Waals surface area contributed by atoms with Crippen molar-refractivity contribution in [3.63, 3.8) is 0 Å². The van der Waals surface area contributed by atoms with Crippen LogP contribution in [0.2, 0.25) is 0 Å². The van der Waals surface area contributed by atoms with E-state index in [0.29, 0.717) is 0 Å². The first-order valence-corrected chi connectivity index (χ1v) is 19.7. The summed E-state index contributed by atoms with van der Waals surface area (Å²) in [6.07, 6.45) is 0. The van der Waals surface area contributed by atoms with Crippen LogP contribution in [-0.2, 0) is 5.41 Å². The molecule has 0 amide bonds. The van der Waals surface area contributed by atoms with Crippen LogP contribution in [0.1, 0.15) is 22.3 Å². The third-order valence-corrected chi connectivity index (χ3v) is 12.3. The van der Waals surface area contributed by atoms with Gasteiger partial charge in [0, 0.05) is 22.1 Å². The Morgan fingerprint density at radius 3 is 1.49 bits per heavy atom. The number of fused-ring (bicyclic) bond motifs is 15. The molecule has 57 heavy (non-hydrogen) atoms. The van der Waals surface area contributed by atoms with Gasteiger partial charge in [0.2, 0.25) is 0 Å². The molecule has 2 aliphatic rings. The lowest BCUT2D eigenvalue weighted by atomic mass is 9.66. The molecule has 1 heterocycles. The minimum Gasteiger partial charge on any atom is -0.454 e. The Hall–Kier alpha value is -7.42. The van der Waals surface area contributed by atoms with Crippen molar-refractivity contribution in [2.45, 2.75) is 5.41 Å². The van der Waals surface area contributed by atoms with Crippen LogP contribution in [-0.4, -0.2) is 0 Å². The van der Waals surface area contributed by atoms with E-state index in [-0.39, 0.29) is 0 Å². The normalized spacial score (nSPS) is 13.1. The summed E-state index contributed by atoms with van der Waals surface area (Å²) in [5, 5.41) is 2.21. The quantitative estimate of drug-likeness (QED) is 0.180. The van der Waals surface area contributed by atoms with E-state index in [9.17, 15) is 0 Å². The van der Waals surface area contributed by atoms with Crippen LogP contribution < -0.4 is 4.90 Å². The predicted molar refractivity (Wildman–Crippen MR) is 236 cm³/mol. The first-order chi connectivity index (χ1) is 28.3. The number of hydrogen-bond acceptors (Lipinski definition) is 2. The van der Waals surface area contributed by atoms with Crippen LogP contribution in [0, 0.1) is 0 Å². The minimum atomic E-state index is -0.581. The van der Waals surface area contributed by atoms with E-state index in [2.05, 4.69) is 211 Å². The zero-order chi connectivity index (χ0) is 37.5. The molecule has 2 heteroatoms. The number of benzene rings is 9. The van der Waals surface area contributed by atoms with Crippen LogP contribution in [0.3, 0.4) is 0 Å². The Bertz CT molecular complexity index is 3120. The Morgan fingerprint density at radius 2 is 0.825 bits per heavy atom. The number of para-hydroxylation sites is 2. The molecule has 2 aliphatic carbocycles. The summed E-state index contributed by atoms with van der Waals surface area (Å²) in [4.78, 5) is 2.39. The van der Waals surface area contributed by atoms with E-state index in [1.54, 1.807) is 0 Å². The van der Waals surface area contributed by atoms with Gasteiger partial charge in [-0.1, -0.05) is 176 Å². The maximum Gasteiger partial charge on any atom is 0.159 e. The molecule has 266 valence electrons. The Labute approximate surface area is 331 Å². The maximum atomic E-state index is 6.76. The molecule has 0 fully saturated rings. The lowest BCUT2D eigenvalue weighted by Crippen LogP contribution is -2.29. The lowest BCUT2D eigenvalue weighted by Gasteiger charge is -2.36. The van der Waals surface area contributed by atoms with Crippen LogP contribution in [0.5, 0.6) is 0 Å². The van der Waals surface area contributed by atoms with Crippen molar-refractivity contribution < 1.29 is 4.42 Å².